The Morgan fingerprint density at radius 1 is 1.31 bits per heavy atom. The van der Waals surface area contributed by atoms with Crippen LogP contribution < -0.4 is 5.32 Å². The molecule has 1 aromatic carbocycles. The van der Waals surface area contributed by atoms with Crippen LogP contribution in [0.1, 0.15) is 25.8 Å². The molecule has 1 rings (SSSR count). The lowest BCUT2D eigenvalue weighted by Crippen LogP contribution is -2.28. The fourth-order valence-electron chi connectivity index (χ4n) is 1.62. The lowest BCUT2D eigenvalue weighted by Gasteiger charge is -2.15. The van der Waals surface area contributed by atoms with Crippen LogP contribution in [0.15, 0.2) is 18.2 Å². The quantitative estimate of drug-likeness (QED) is 0.718. The molecule has 0 aromatic heterocycles. The summed E-state index contributed by atoms with van der Waals surface area (Å²) < 4.78 is 12.9. The van der Waals surface area contributed by atoms with Gasteiger partial charge in [-0.15, -0.1) is 0 Å². The second kappa shape index (κ2) is 5.82. The zero-order valence-electron chi connectivity index (χ0n) is 9.57. The summed E-state index contributed by atoms with van der Waals surface area (Å²) in [5.41, 5.74) is 0.690. The molecule has 0 heterocycles. The molecule has 0 aliphatic rings. The minimum Gasteiger partial charge on any atom is -0.508 e. The Labute approximate surface area is 94.9 Å². The van der Waals surface area contributed by atoms with Gasteiger partial charge < -0.3 is 15.5 Å². The van der Waals surface area contributed by atoms with Crippen molar-refractivity contribution in [3.05, 3.63) is 29.6 Å². The summed E-state index contributed by atoms with van der Waals surface area (Å²) in [5.74, 6) is -0.514. The third-order valence-corrected chi connectivity index (χ3v) is 2.29. The van der Waals surface area contributed by atoms with E-state index in [0.717, 1.165) is 6.07 Å². The molecule has 16 heavy (non-hydrogen) atoms. The number of nitrogens with one attached hydrogen (secondary N) is 1. The number of halogens is 1. The van der Waals surface area contributed by atoms with Crippen molar-refractivity contribution in [1.29, 1.82) is 0 Å². The van der Waals surface area contributed by atoms with Crippen LogP contribution in [0.5, 0.6) is 5.75 Å². The van der Waals surface area contributed by atoms with Gasteiger partial charge in [0.1, 0.15) is 11.6 Å². The van der Waals surface area contributed by atoms with Crippen LogP contribution in [0.4, 0.5) is 4.39 Å². The molecule has 3 N–H and O–H groups in total. The second-order valence-corrected chi connectivity index (χ2v) is 4.18. The van der Waals surface area contributed by atoms with Crippen LogP contribution in [0.25, 0.3) is 0 Å². The molecule has 0 saturated heterocycles. The van der Waals surface area contributed by atoms with E-state index in [1.54, 1.807) is 6.92 Å². The van der Waals surface area contributed by atoms with Gasteiger partial charge in [-0.25, -0.2) is 4.39 Å². The van der Waals surface area contributed by atoms with Gasteiger partial charge in [-0.1, -0.05) is 0 Å². The molecule has 2 atom stereocenters. The van der Waals surface area contributed by atoms with Gasteiger partial charge in [-0.05, 0) is 38.0 Å². The summed E-state index contributed by atoms with van der Waals surface area (Å²) in [5, 5.41) is 21.5. The second-order valence-electron chi connectivity index (χ2n) is 4.18. The zero-order chi connectivity index (χ0) is 12.1. The Morgan fingerprint density at radius 2 is 2.00 bits per heavy atom. The minimum atomic E-state index is -0.444. The maximum Gasteiger partial charge on any atom is 0.127 e. The Bertz CT molecular complexity index is 322. The molecule has 0 aliphatic carbocycles. The highest BCUT2D eigenvalue weighted by atomic mass is 19.1. The zero-order valence-corrected chi connectivity index (χ0v) is 9.57. The lowest BCUT2D eigenvalue weighted by atomic mass is 10.1. The molecule has 0 saturated carbocycles. The SMILES string of the molecule is CC(O)CC(C)NCc1cc(O)cc(F)c1. The van der Waals surface area contributed by atoms with E-state index in [0.29, 0.717) is 18.5 Å². The topological polar surface area (TPSA) is 52.5 Å². The number of rotatable bonds is 5. The molecule has 1 aromatic rings. The molecule has 0 spiro atoms. The van der Waals surface area contributed by atoms with Crippen LogP contribution in [-0.2, 0) is 6.54 Å². The normalized spacial score (nSPS) is 14.8. The van der Waals surface area contributed by atoms with E-state index in [4.69, 9.17) is 5.11 Å². The van der Waals surface area contributed by atoms with E-state index in [1.165, 1.54) is 12.1 Å². The molecule has 2 unspecified atom stereocenters. The average molecular weight is 227 g/mol. The first-order valence-electron chi connectivity index (χ1n) is 5.37. The monoisotopic (exact) mass is 227 g/mol. The number of benzene rings is 1. The van der Waals surface area contributed by atoms with Crippen LogP contribution >= 0.6 is 0 Å². The van der Waals surface area contributed by atoms with Crippen molar-refractivity contribution >= 4 is 0 Å². The van der Waals surface area contributed by atoms with Crippen molar-refractivity contribution in [2.45, 2.75) is 39.0 Å². The van der Waals surface area contributed by atoms with Gasteiger partial charge in [0.2, 0.25) is 0 Å². The van der Waals surface area contributed by atoms with Crippen molar-refractivity contribution in [2.24, 2.45) is 0 Å². The molecule has 0 fully saturated rings. The van der Waals surface area contributed by atoms with Gasteiger partial charge >= 0.3 is 0 Å². The van der Waals surface area contributed by atoms with Gasteiger partial charge in [-0.3, -0.25) is 0 Å². The highest BCUT2D eigenvalue weighted by Crippen LogP contribution is 2.14. The van der Waals surface area contributed by atoms with E-state index in [2.05, 4.69) is 5.32 Å². The molecule has 4 heteroatoms. The Balaban J connectivity index is 2.48. The summed E-state index contributed by atoms with van der Waals surface area (Å²) in [4.78, 5) is 0. The maximum absolute atomic E-state index is 12.9. The first kappa shape index (κ1) is 12.9. The number of aliphatic hydroxyl groups is 1. The first-order chi connectivity index (χ1) is 7.47. The molecule has 0 aliphatic heterocycles. The number of phenols is 1. The molecule has 0 amide bonds. The van der Waals surface area contributed by atoms with Crippen molar-refractivity contribution in [3.63, 3.8) is 0 Å². The summed E-state index contributed by atoms with van der Waals surface area (Å²) in [6.07, 6.45) is 0.282. The van der Waals surface area contributed by atoms with Gasteiger partial charge in [-0.2, -0.15) is 0 Å². The highest BCUT2D eigenvalue weighted by Gasteiger charge is 2.06. The maximum atomic E-state index is 12.9. The molecule has 0 radical (unpaired) electrons. The standard InChI is InChI=1S/C12H18FNO2/c1-8(3-9(2)15)14-7-10-4-11(13)6-12(16)5-10/h4-6,8-9,14-16H,3,7H2,1-2H3. The van der Waals surface area contributed by atoms with Gasteiger partial charge in [0.15, 0.2) is 0 Å². The molecule has 90 valence electrons. The van der Waals surface area contributed by atoms with E-state index >= 15 is 0 Å². The van der Waals surface area contributed by atoms with Crippen molar-refractivity contribution in [1.82, 2.24) is 5.32 Å². The third-order valence-electron chi connectivity index (χ3n) is 2.29. The molecular weight excluding hydrogens is 209 g/mol. The average Bonchev–Trinajstić information content (AvgIpc) is 2.12. The number of aromatic hydroxyl groups is 1. The van der Waals surface area contributed by atoms with Gasteiger partial charge in [0.25, 0.3) is 0 Å². The third kappa shape index (κ3) is 4.59. The van der Waals surface area contributed by atoms with Crippen molar-refractivity contribution in [2.75, 3.05) is 0 Å². The molecular formula is C12H18FNO2. The molecule has 0 bridgehead atoms. The van der Waals surface area contributed by atoms with Crippen LogP contribution in [0.3, 0.4) is 0 Å². The van der Waals surface area contributed by atoms with E-state index in [9.17, 15) is 9.50 Å². The van der Waals surface area contributed by atoms with Crippen LogP contribution in [0.2, 0.25) is 0 Å². The number of hydrogen-bond acceptors (Lipinski definition) is 3. The summed E-state index contributed by atoms with van der Waals surface area (Å²) in [6.45, 7) is 4.15. The van der Waals surface area contributed by atoms with Crippen LogP contribution in [0, 0.1) is 5.82 Å². The summed E-state index contributed by atoms with van der Waals surface area (Å²) in [6, 6.07) is 4.11. The van der Waals surface area contributed by atoms with Gasteiger partial charge in [0.05, 0.1) is 6.10 Å². The number of aliphatic hydroxyl groups excluding tert-OH is 1. The van der Waals surface area contributed by atoms with Crippen molar-refractivity contribution < 1.29 is 14.6 Å². The summed E-state index contributed by atoms with van der Waals surface area (Å²) in [7, 11) is 0. The Kier molecular flexibility index (Phi) is 4.71. The summed E-state index contributed by atoms with van der Waals surface area (Å²) >= 11 is 0. The number of phenolic OH excluding ortho intramolecular Hbond substituents is 1. The van der Waals surface area contributed by atoms with E-state index in [-0.39, 0.29) is 17.9 Å². The van der Waals surface area contributed by atoms with Crippen molar-refractivity contribution in [3.8, 4) is 5.75 Å². The fourth-order valence-corrected chi connectivity index (χ4v) is 1.62. The van der Waals surface area contributed by atoms with Crippen LogP contribution in [-0.4, -0.2) is 22.4 Å². The van der Waals surface area contributed by atoms with Gasteiger partial charge in [0, 0.05) is 18.7 Å². The van der Waals surface area contributed by atoms with E-state index in [1.807, 2.05) is 6.92 Å². The lowest BCUT2D eigenvalue weighted by molar-refractivity contribution is 0.170. The Hall–Kier alpha value is -1.13. The minimum absolute atomic E-state index is 0.0695. The highest BCUT2D eigenvalue weighted by molar-refractivity contribution is 5.28. The smallest absolute Gasteiger partial charge is 0.127 e. The predicted molar refractivity (Wildman–Crippen MR) is 60.7 cm³/mol. The number of hydrogen-bond donors (Lipinski definition) is 3. The predicted octanol–water partition coefficient (Wildman–Crippen LogP) is 1.78. The fraction of sp³-hybridized carbons (Fsp3) is 0.500. The first-order valence-corrected chi connectivity index (χ1v) is 5.37. The Morgan fingerprint density at radius 3 is 2.56 bits per heavy atom. The largest absolute Gasteiger partial charge is 0.508 e. The van der Waals surface area contributed by atoms with E-state index < -0.39 is 5.82 Å². The molecule has 3 nitrogen and oxygen atoms in total.